The monoisotopic (exact) mass is 476 g/mol. The van der Waals surface area contributed by atoms with E-state index in [1.54, 1.807) is 0 Å². The van der Waals surface area contributed by atoms with Crippen LogP contribution in [0.5, 0.6) is 0 Å². The average molecular weight is 477 g/mol. The van der Waals surface area contributed by atoms with Crippen molar-refractivity contribution in [3.05, 3.63) is 21.8 Å². The normalized spacial score (nSPS) is 16.9. The molecule has 2 aliphatic carbocycles. The van der Waals surface area contributed by atoms with Crippen LogP contribution in [0.25, 0.3) is 0 Å². The van der Waals surface area contributed by atoms with Gasteiger partial charge in [-0.25, -0.2) is 4.79 Å². The molecule has 32 heavy (non-hydrogen) atoms. The van der Waals surface area contributed by atoms with Crippen LogP contribution in [0.4, 0.5) is 5.00 Å². The molecule has 0 unspecified atom stereocenters. The molecule has 2 aliphatic rings. The van der Waals surface area contributed by atoms with Crippen LogP contribution in [0.2, 0.25) is 0 Å². The topological polar surface area (TPSA) is 86.1 Å². The van der Waals surface area contributed by atoms with Gasteiger partial charge in [-0.2, -0.15) is 0 Å². The van der Waals surface area contributed by atoms with Gasteiger partial charge in [0.15, 0.2) is 5.16 Å². The van der Waals surface area contributed by atoms with Crippen molar-refractivity contribution in [1.29, 1.82) is 0 Å². The molecule has 2 aromatic rings. The first kappa shape index (κ1) is 23.3. The first-order valence-corrected chi connectivity index (χ1v) is 13.4. The summed E-state index contributed by atoms with van der Waals surface area (Å²) in [5, 5.41) is 13.0. The van der Waals surface area contributed by atoms with Gasteiger partial charge < -0.3 is 14.6 Å². The average Bonchev–Trinajstić information content (AvgIpc) is 3.22. The van der Waals surface area contributed by atoms with Gasteiger partial charge in [-0.05, 0) is 37.2 Å². The van der Waals surface area contributed by atoms with E-state index in [4.69, 9.17) is 4.74 Å². The predicted molar refractivity (Wildman–Crippen MR) is 128 cm³/mol. The molecule has 1 amide bonds. The number of aryl methyl sites for hydroxylation is 1. The number of nitrogens with one attached hydrogen (secondary N) is 1. The van der Waals surface area contributed by atoms with Crippen LogP contribution >= 0.6 is 23.1 Å². The molecule has 0 bridgehead atoms. The summed E-state index contributed by atoms with van der Waals surface area (Å²) >= 11 is 2.90. The summed E-state index contributed by atoms with van der Waals surface area (Å²) in [5.74, 6) is 1.40. The van der Waals surface area contributed by atoms with Crippen molar-refractivity contribution in [2.45, 2.75) is 75.8 Å². The first-order chi connectivity index (χ1) is 15.6. The maximum absolute atomic E-state index is 12.7. The third kappa shape index (κ3) is 5.36. The van der Waals surface area contributed by atoms with E-state index in [0.29, 0.717) is 16.5 Å². The van der Waals surface area contributed by atoms with Gasteiger partial charge in [0.2, 0.25) is 5.91 Å². The molecule has 0 radical (unpaired) electrons. The Balaban J connectivity index is 1.39. The highest BCUT2D eigenvalue weighted by atomic mass is 32.2. The number of thiophene rings is 1. The number of fused-ring (bicyclic) bond motifs is 1. The lowest BCUT2D eigenvalue weighted by molar-refractivity contribution is -0.113. The van der Waals surface area contributed by atoms with E-state index in [9.17, 15) is 9.59 Å². The van der Waals surface area contributed by atoms with Crippen molar-refractivity contribution in [3.63, 3.8) is 0 Å². The summed E-state index contributed by atoms with van der Waals surface area (Å²) in [4.78, 5) is 26.4. The highest BCUT2D eigenvalue weighted by Gasteiger charge is 2.26. The predicted octanol–water partition coefficient (Wildman–Crippen LogP) is 4.79. The number of carbonyl (C=O) groups excluding carboxylic acids is 2. The third-order valence-corrected chi connectivity index (χ3v) is 8.74. The molecule has 1 N–H and O–H groups in total. The Morgan fingerprint density at radius 3 is 2.66 bits per heavy atom. The van der Waals surface area contributed by atoms with E-state index in [2.05, 4.69) is 15.5 Å². The second kappa shape index (κ2) is 10.8. The van der Waals surface area contributed by atoms with Crippen LogP contribution < -0.4 is 5.32 Å². The van der Waals surface area contributed by atoms with Crippen LogP contribution in [0, 0.1) is 5.92 Å². The van der Waals surface area contributed by atoms with Crippen LogP contribution in [0.1, 0.15) is 78.0 Å². The number of aromatic nitrogens is 3. The lowest BCUT2D eigenvalue weighted by Crippen LogP contribution is -2.17. The number of esters is 1. The largest absolute Gasteiger partial charge is 0.465 e. The standard InChI is InChI=1S/C23H32N4O3S2/c1-27-18(13-15-9-5-3-6-10-15)25-26-23(27)31-14-19(28)24-21-20(22(29)30-2)16-11-7-4-8-12-17(16)32-21/h15H,3-14H2,1-2H3,(H,24,28). The number of rotatable bonds is 7. The van der Waals surface area contributed by atoms with Gasteiger partial charge >= 0.3 is 5.97 Å². The molecule has 0 atom stereocenters. The number of hydrogen-bond acceptors (Lipinski definition) is 7. The van der Waals surface area contributed by atoms with Crippen molar-refractivity contribution in [2.24, 2.45) is 13.0 Å². The quantitative estimate of drug-likeness (QED) is 0.351. The van der Waals surface area contributed by atoms with E-state index in [1.807, 2.05) is 11.6 Å². The lowest BCUT2D eigenvalue weighted by atomic mass is 9.87. The molecular weight excluding hydrogens is 444 g/mol. The van der Waals surface area contributed by atoms with Gasteiger partial charge in [0.25, 0.3) is 0 Å². The maximum atomic E-state index is 12.7. The third-order valence-electron chi connectivity index (χ3n) is 6.52. The minimum Gasteiger partial charge on any atom is -0.465 e. The fourth-order valence-electron chi connectivity index (χ4n) is 4.74. The zero-order valence-corrected chi connectivity index (χ0v) is 20.6. The molecule has 0 aliphatic heterocycles. The molecule has 0 aromatic carbocycles. The molecule has 0 spiro atoms. The summed E-state index contributed by atoms with van der Waals surface area (Å²) in [6.45, 7) is 0. The Bertz CT molecular complexity index is 963. The molecule has 1 fully saturated rings. The van der Waals surface area contributed by atoms with Crippen molar-refractivity contribution in [1.82, 2.24) is 14.8 Å². The number of ether oxygens (including phenoxy) is 1. The molecule has 1 saturated carbocycles. The Morgan fingerprint density at radius 1 is 1.12 bits per heavy atom. The van der Waals surface area contributed by atoms with Gasteiger partial charge in [-0.15, -0.1) is 21.5 Å². The Labute approximate surface area is 197 Å². The molecule has 2 aromatic heterocycles. The van der Waals surface area contributed by atoms with Crippen molar-refractivity contribution < 1.29 is 14.3 Å². The highest BCUT2D eigenvalue weighted by Crippen LogP contribution is 2.38. The van der Waals surface area contributed by atoms with Crippen LogP contribution in [0.3, 0.4) is 0 Å². The van der Waals surface area contributed by atoms with Gasteiger partial charge in [0, 0.05) is 18.3 Å². The van der Waals surface area contributed by atoms with Gasteiger partial charge in [0.1, 0.15) is 10.8 Å². The zero-order chi connectivity index (χ0) is 22.5. The Morgan fingerprint density at radius 2 is 1.88 bits per heavy atom. The number of hydrogen-bond donors (Lipinski definition) is 1. The second-order valence-corrected chi connectivity index (χ2v) is 10.8. The summed E-state index contributed by atoms with van der Waals surface area (Å²) in [6, 6.07) is 0. The lowest BCUT2D eigenvalue weighted by Gasteiger charge is -2.20. The van der Waals surface area contributed by atoms with Crippen molar-refractivity contribution in [2.75, 3.05) is 18.2 Å². The molecule has 174 valence electrons. The number of carbonyl (C=O) groups is 2. The fourth-order valence-corrected chi connectivity index (χ4v) is 6.76. The van der Waals surface area contributed by atoms with Crippen molar-refractivity contribution in [3.8, 4) is 0 Å². The first-order valence-electron chi connectivity index (χ1n) is 11.6. The smallest absolute Gasteiger partial charge is 0.341 e. The van der Waals surface area contributed by atoms with E-state index in [0.717, 1.165) is 48.6 Å². The fraction of sp³-hybridized carbons (Fsp3) is 0.652. The van der Waals surface area contributed by atoms with Gasteiger partial charge in [-0.1, -0.05) is 50.3 Å². The van der Waals surface area contributed by atoms with Crippen LogP contribution in [-0.2, 0) is 35.8 Å². The summed E-state index contributed by atoms with van der Waals surface area (Å²) < 4.78 is 7.04. The summed E-state index contributed by atoms with van der Waals surface area (Å²) in [7, 11) is 3.37. The van der Waals surface area contributed by atoms with Crippen LogP contribution in [0.15, 0.2) is 5.16 Å². The Hall–Kier alpha value is -1.87. The molecule has 9 heteroatoms. The minimum absolute atomic E-state index is 0.145. The number of thioether (sulfide) groups is 1. The van der Waals surface area contributed by atoms with Gasteiger partial charge in [0.05, 0.1) is 18.4 Å². The highest BCUT2D eigenvalue weighted by molar-refractivity contribution is 7.99. The van der Waals surface area contributed by atoms with E-state index < -0.39 is 0 Å². The second-order valence-electron chi connectivity index (χ2n) is 8.76. The number of amides is 1. The Kier molecular flexibility index (Phi) is 7.88. The number of anilines is 1. The molecule has 2 heterocycles. The summed E-state index contributed by atoms with van der Waals surface area (Å²) in [6.07, 6.45) is 12.6. The zero-order valence-electron chi connectivity index (χ0n) is 18.9. The minimum atomic E-state index is -0.368. The van der Waals surface area contributed by atoms with Gasteiger partial charge in [-0.3, -0.25) is 4.79 Å². The van der Waals surface area contributed by atoms with E-state index in [-0.39, 0.29) is 17.6 Å². The molecular formula is C23H32N4O3S2. The van der Waals surface area contributed by atoms with Crippen molar-refractivity contribution >= 4 is 40.0 Å². The molecule has 0 saturated heterocycles. The van der Waals surface area contributed by atoms with E-state index in [1.165, 1.54) is 73.6 Å². The van der Waals surface area contributed by atoms with Crippen LogP contribution in [-0.4, -0.2) is 39.5 Å². The van der Waals surface area contributed by atoms with E-state index >= 15 is 0 Å². The SMILES string of the molecule is COC(=O)c1c(NC(=O)CSc2nnc(CC3CCCCC3)n2C)sc2c1CCCCC2. The maximum Gasteiger partial charge on any atom is 0.341 e. The number of methoxy groups -OCH3 is 1. The summed E-state index contributed by atoms with van der Waals surface area (Å²) in [5.41, 5.74) is 1.60. The molecule has 4 rings (SSSR count). The number of nitrogens with zero attached hydrogens (tertiary/aromatic N) is 3. The molecule has 7 nitrogen and oxygen atoms in total.